The van der Waals surface area contributed by atoms with Gasteiger partial charge in [0.25, 0.3) is 0 Å². The molecule has 3 nitrogen and oxygen atoms in total. The first kappa shape index (κ1) is 16.8. The fourth-order valence-corrected chi connectivity index (χ4v) is 2.88. The van der Waals surface area contributed by atoms with Gasteiger partial charge in [-0.15, -0.1) is 0 Å². The van der Waals surface area contributed by atoms with Gasteiger partial charge in [0.2, 0.25) is 5.91 Å². The molecule has 1 saturated heterocycles. The highest BCUT2D eigenvalue weighted by molar-refractivity contribution is 5.78. The third-order valence-electron chi connectivity index (χ3n) is 4.09. The van der Waals surface area contributed by atoms with E-state index in [1.807, 2.05) is 4.90 Å². The lowest BCUT2D eigenvalue weighted by Crippen LogP contribution is -2.40. The van der Waals surface area contributed by atoms with Crippen molar-refractivity contribution in [2.75, 3.05) is 27.2 Å². The zero-order chi connectivity index (χ0) is 16.3. The Hall–Kier alpha value is -1.56. The Morgan fingerprint density at radius 3 is 2.36 bits per heavy atom. The molecule has 1 heterocycles. The molecule has 6 heteroatoms. The number of halogens is 3. The number of benzene rings is 1. The summed E-state index contributed by atoms with van der Waals surface area (Å²) in [5.74, 6) is 0.0967. The molecule has 0 N–H and O–H groups in total. The van der Waals surface area contributed by atoms with E-state index in [9.17, 15) is 18.0 Å². The van der Waals surface area contributed by atoms with Gasteiger partial charge >= 0.3 is 6.18 Å². The smallest absolute Gasteiger partial charge is 0.349 e. The molecule has 0 aliphatic carbocycles. The summed E-state index contributed by atoms with van der Waals surface area (Å²) in [6.07, 6.45) is -2.92. The van der Waals surface area contributed by atoms with Crippen LogP contribution in [0.3, 0.4) is 0 Å². The van der Waals surface area contributed by atoms with Crippen LogP contribution in [0.1, 0.15) is 24.0 Å². The summed E-state index contributed by atoms with van der Waals surface area (Å²) in [7, 11) is 3.46. The van der Waals surface area contributed by atoms with E-state index < -0.39 is 11.7 Å². The van der Waals surface area contributed by atoms with E-state index >= 15 is 0 Å². The number of nitrogens with zero attached hydrogens (tertiary/aromatic N) is 2. The molecular formula is C16H21F3N2O. The Balaban J connectivity index is 1.99. The number of carbonyl (C=O) groups excluding carboxylic acids is 1. The maximum atomic E-state index is 13.0. The second-order valence-corrected chi connectivity index (χ2v) is 5.94. The van der Waals surface area contributed by atoms with Crippen LogP contribution in [0.25, 0.3) is 0 Å². The lowest BCUT2D eigenvalue weighted by atomic mass is 9.95. The molecule has 0 radical (unpaired) electrons. The van der Waals surface area contributed by atoms with Crippen LogP contribution in [-0.4, -0.2) is 42.9 Å². The first-order valence-electron chi connectivity index (χ1n) is 7.37. The SMILES string of the molecule is CN(C)C(=O)C1CCN(Cc2ccccc2C(F)(F)F)CC1. The summed E-state index contributed by atoms with van der Waals surface area (Å²) in [6, 6.07) is 5.69. The van der Waals surface area contributed by atoms with Crippen molar-refractivity contribution in [3.63, 3.8) is 0 Å². The van der Waals surface area contributed by atoms with Crippen molar-refractivity contribution < 1.29 is 18.0 Å². The first-order chi connectivity index (χ1) is 10.3. The summed E-state index contributed by atoms with van der Waals surface area (Å²) in [5.41, 5.74) is -0.270. The highest BCUT2D eigenvalue weighted by Crippen LogP contribution is 2.33. The van der Waals surface area contributed by atoms with Crippen molar-refractivity contribution in [3.8, 4) is 0 Å². The maximum Gasteiger partial charge on any atom is 0.416 e. The number of hydrogen-bond acceptors (Lipinski definition) is 2. The number of rotatable bonds is 3. The fourth-order valence-electron chi connectivity index (χ4n) is 2.88. The van der Waals surface area contributed by atoms with Gasteiger partial charge in [0.05, 0.1) is 5.56 Å². The van der Waals surface area contributed by atoms with Gasteiger partial charge < -0.3 is 4.90 Å². The second-order valence-electron chi connectivity index (χ2n) is 5.94. The van der Waals surface area contributed by atoms with Gasteiger partial charge in [-0.05, 0) is 37.6 Å². The van der Waals surface area contributed by atoms with Crippen LogP contribution in [0.2, 0.25) is 0 Å². The van der Waals surface area contributed by atoms with Gasteiger partial charge in [-0.1, -0.05) is 18.2 Å². The standard InChI is InChI=1S/C16H21F3N2O/c1-20(2)15(22)12-7-9-21(10-8-12)11-13-5-3-4-6-14(13)16(17,18)19/h3-6,12H,7-11H2,1-2H3. The van der Waals surface area contributed by atoms with E-state index in [0.29, 0.717) is 31.5 Å². The molecule has 1 aromatic rings. The molecule has 122 valence electrons. The van der Waals surface area contributed by atoms with Gasteiger partial charge in [0.1, 0.15) is 0 Å². The normalized spacial score (nSPS) is 17.5. The van der Waals surface area contributed by atoms with Gasteiger partial charge in [-0.3, -0.25) is 9.69 Å². The fraction of sp³-hybridized carbons (Fsp3) is 0.562. The molecule has 1 amide bonds. The van der Waals surface area contributed by atoms with Crippen molar-refractivity contribution in [2.24, 2.45) is 5.92 Å². The van der Waals surface area contributed by atoms with Crippen molar-refractivity contribution in [3.05, 3.63) is 35.4 Å². The lowest BCUT2D eigenvalue weighted by molar-refractivity contribution is -0.138. The van der Waals surface area contributed by atoms with Crippen LogP contribution in [0.5, 0.6) is 0 Å². The average Bonchev–Trinajstić information content (AvgIpc) is 2.46. The lowest BCUT2D eigenvalue weighted by Gasteiger charge is -2.32. The molecule has 0 spiro atoms. The Labute approximate surface area is 128 Å². The molecule has 1 aromatic carbocycles. The van der Waals surface area contributed by atoms with Gasteiger partial charge in [-0.25, -0.2) is 0 Å². The maximum absolute atomic E-state index is 13.0. The molecule has 0 bridgehead atoms. The highest BCUT2D eigenvalue weighted by Gasteiger charge is 2.34. The number of amides is 1. The molecule has 1 aliphatic heterocycles. The van der Waals surface area contributed by atoms with Crippen molar-refractivity contribution >= 4 is 5.91 Å². The summed E-state index contributed by atoms with van der Waals surface area (Å²) < 4.78 is 39.0. The number of piperidine rings is 1. The summed E-state index contributed by atoms with van der Waals surface area (Å²) in [4.78, 5) is 15.5. The monoisotopic (exact) mass is 314 g/mol. The quantitative estimate of drug-likeness (QED) is 0.856. The van der Waals surface area contributed by atoms with E-state index in [-0.39, 0.29) is 18.4 Å². The molecule has 0 unspecified atom stereocenters. The van der Waals surface area contributed by atoms with Crippen LogP contribution in [0.15, 0.2) is 24.3 Å². The molecule has 22 heavy (non-hydrogen) atoms. The predicted molar refractivity (Wildman–Crippen MR) is 78.1 cm³/mol. The minimum absolute atomic E-state index is 0.0101. The second kappa shape index (κ2) is 6.69. The van der Waals surface area contributed by atoms with Crippen LogP contribution in [-0.2, 0) is 17.5 Å². The number of carbonyl (C=O) groups is 1. The van der Waals surface area contributed by atoms with E-state index in [1.54, 1.807) is 25.1 Å². The van der Waals surface area contributed by atoms with Crippen molar-refractivity contribution in [1.82, 2.24) is 9.80 Å². The van der Waals surface area contributed by atoms with Gasteiger partial charge in [0.15, 0.2) is 0 Å². The Kier molecular flexibility index (Phi) is 5.11. The zero-order valence-corrected chi connectivity index (χ0v) is 12.9. The van der Waals surface area contributed by atoms with Gasteiger partial charge in [-0.2, -0.15) is 13.2 Å². The first-order valence-corrected chi connectivity index (χ1v) is 7.37. The molecule has 1 aliphatic rings. The predicted octanol–water partition coefficient (Wildman–Crippen LogP) is 3.01. The Morgan fingerprint density at radius 1 is 1.23 bits per heavy atom. The summed E-state index contributed by atoms with van der Waals surface area (Å²) >= 11 is 0. The molecule has 0 atom stereocenters. The Bertz CT molecular complexity index is 520. The average molecular weight is 314 g/mol. The summed E-state index contributed by atoms with van der Waals surface area (Å²) in [5, 5.41) is 0. The number of alkyl halides is 3. The van der Waals surface area contributed by atoms with Crippen LogP contribution in [0, 0.1) is 5.92 Å². The number of likely N-dealkylation sites (tertiary alicyclic amines) is 1. The largest absolute Gasteiger partial charge is 0.416 e. The minimum atomic E-state index is -4.32. The third kappa shape index (κ3) is 4.00. The van der Waals surface area contributed by atoms with E-state index in [2.05, 4.69) is 0 Å². The van der Waals surface area contributed by atoms with Crippen molar-refractivity contribution in [2.45, 2.75) is 25.6 Å². The molecule has 2 rings (SSSR count). The van der Waals surface area contributed by atoms with Gasteiger partial charge in [0, 0.05) is 26.6 Å². The van der Waals surface area contributed by atoms with E-state index in [4.69, 9.17) is 0 Å². The Morgan fingerprint density at radius 2 is 1.82 bits per heavy atom. The van der Waals surface area contributed by atoms with Crippen LogP contribution in [0.4, 0.5) is 13.2 Å². The highest BCUT2D eigenvalue weighted by atomic mass is 19.4. The van der Waals surface area contributed by atoms with Crippen molar-refractivity contribution in [1.29, 1.82) is 0 Å². The topological polar surface area (TPSA) is 23.6 Å². The minimum Gasteiger partial charge on any atom is -0.349 e. The number of hydrogen-bond donors (Lipinski definition) is 0. The molecule has 0 saturated carbocycles. The summed E-state index contributed by atoms with van der Waals surface area (Å²) in [6.45, 7) is 1.57. The molecule has 0 aromatic heterocycles. The van der Waals surface area contributed by atoms with E-state index in [1.165, 1.54) is 12.1 Å². The zero-order valence-electron chi connectivity index (χ0n) is 12.9. The van der Waals surface area contributed by atoms with Crippen LogP contribution >= 0.6 is 0 Å². The van der Waals surface area contributed by atoms with Crippen LogP contribution < -0.4 is 0 Å². The third-order valence-corrected chi connectivity index (χ3v) is 4.09. The molecule has 1 fully saturated rings. The molecular weight excluding hydrogens is 293 g/mol. The van der Waals surface area contributed by atoms with E-state index in [0.717, 1.165) is 6.07 Å².